The van der Waals surface area contributed by atoms with E-state index in [-0.39, 0.29) is 5.41 Å². The van der Waals surface area contributed by atoms with Crippen LogP contribution in [0.15, 0.2) is 34.7 Å². The van der Waals surface area contributed by atoms with Gasteiger partial charge in [-0.25, -0.2) is 0 Å². The topological polar surface area (TPSA) is 33.4 Å². The van der Waals surface area contributed by atoms with Gasteiger partial charge < -0.3 is 9.52 Å². The molecule has 3 fully saturated rings. The molecule has 0 aliphatic heterocycles. The molecule has 0 spiro atoms. The molecule has 2 nitrogen and oxygen atoms in total. The second-order valence-corrected chi connectivity index (χ2v) is 10.8. The Morgan fingerprint density at radius 1 is 1.12 bits per heavy atom. The van der Waals surface area contributed by atoms with Gasteiger partial charge in [-0.3, -0.25) is 0 Å². The normalized spacial score (nSPS) is 50.5. The minimum atomic E-state index is -0.719. The van der Waals surface area contributed by atoms with Crippen molar-refractivity contribution < 1.29 is 9.52 Å². The van der Waals surface area contributed by atoms with Crippen LogP contribution in [0, 0.1) is 28.6 Å². The fourth-order valence-corrected chi connectivity index (χ4v) is 7.96. The monoisotopic (exact) mass is 372 g/mol. The van der Waals surface area contributed by atoms with Crippen molar-refractivity contribution >= 4 is 12.6 Å². The summed E-state index contributed by atoms with van der Waals surface area (Å²) in [7, 11) is 0. The minimum absolute atomic E-state index is 0.0273. The standard InChI is InChI=1S/C23H32O2S/c1-21-9-5-17(26)13-15(21)3-4-18-19(21)6-10-22(2)20(18)7-11-23(22,24)16-8-12-25-14-16/h3,8,12,14,17-20,24,26H,4-7,9-11,13H2,1-2H3/t17-,18+,19-,20-,21-,22-,23+/m0/s1. The fourth-order valence-electron chi connectivity index (χ4n) is 7.63. The molecule has 0 amide bonds. The molecular formula is C23H32O2S. The highest BCUT2D eigenvalue weighted by molar-refractivity contribution is 7.80. The molecule has 7 atom stereocenters. The zero-order chi connectivity index (χ0) is 18.2. The number of hydrogen-bond donors (Lipinski definition) is 2. The van der Waals surface area contributed by atoms with E-state index in [0.29, 0.717) is 16.6 Å². The van der Waals surface area contributed by atoms with Crippen molar-refractivity contribution in [3.63, 3.8) is 0 Å². The molecular weight excluding hydrogens is 340 g/mol. The van der Waals surface area contributed by atoms with Gasteiger partial charge in [-0.1, -0.05) is 25.5 Å². The second-order valence-electron chi connectivity index (χ2n) is 10.0. The second kappa shape index (κ2) is 5.67. The molecule has 4 aliphatic rings. The third-order valence-electron chi connectivity index (χ3n) is 9.23. The summed E-state index contributed by atoms with van der Waals surface area (Å²) in [5.41, 5.74) is 2.32. The molecule has 4 aliphatic carbocycles. The molecule has 1 N–H and O–H groups in total. The highest BCUT2D eigenvalue weighted by Gasteiger charge is 2.64. The number of hydrogen-bond acceptors (Lipinski definition) is 3. The van der Waals surface area contributed by atoms with Crippen molar-refractivity contribution in [3.05, 3.63) is 35.8 Å². The lowest BCUT2D eigenvalue weighted by Crippen LogP contribution is -2.53. The number of thiol groups is 1. The third-order valence-corrected chi connectivity index (χ3v) is 9.67. The van der Waals surface area contributed by atoms with E-state index >= 15 is 0 Å². The van der Waals surface area contributed by atoms with Crippen LogP contribution in [0.3, 0.4) is 0 Å². The molecule has 142 valence electrons. The first-order valence-corrected chi connectivity index (χ1v) is 11.0. The molecule has 26 heavy (non-hydrogen) atoms. The molecule has 3 saturated carbocycles. The maximum Gasteiger partial charge on any atom is 0.0983 e. The van der Waals surface area contributed by atoms with E-state index < -0.39 is 5.60 Å². The van der Waals surface area contributed by atoms with Crippen molar-refractivity contribution in [2.24, 2.45) is 28.6 Å². The van der Waals surface area contributed by atoms with Crippen molar-refractivity contribution in [2.45, 2.75) is 76.1 Å². The molecule has 0 aromatic carbocycles. The van der Waals surface area contributed by atoms with Gasteiger partial charge >= 0.3 is 0 Å². The Hall–Kier alpha value is -0.670. The van der Waals surface area contributed by atoms with Crippen LogP contribution in [0.5, 0.6) is 0 Å². The predicted octanol–water partition coefficient (Wildman–Crippen LogP) is 5.73. The van der Waals surface area contributed by atoms with E-state index in [1.165, 1.54) is 32.1 Å². The van der Waals surface area contributed by atoms with Crippen LogP contribution in [0.1, 0.15) is 70.8 Å². The SMILES string of the molecule is C[C@]12CC[C@H](S)CC1=CC[C@@H]1[C@@H]2CC[C@@]2(C)[C@H]1CC[C@@]2(O)c1ccoc1. The summed E-state index contributed by atoms with van der Waals surface area (Å²) in [4.78, 5) is 0. The summed E-state index contributed by atoms with van der Waals surface area (Å²) in [6, 6.07) is 1.98. The average Bonchev–Trinajstić information content (AvgIpc) is 3.24. The largest absolute Gasteiger partial charge is 0.472 e. The van der Waals surface area contributed by atoms with Gasteiger partial charge in [-0.05, 0) is 80.6 Å². The smallest absolute Gasteiger partial charge is 0.0983 e. The van der Waals surface area contributed by atoms with Crippen LogP contribution < -0.4 is 0 Å². The van der Waals surface area contributed by atoms with Gasteiger partial charge in [0.25, 0.3) is 0 Å². The lowest BCUT2D eigenvalue weighted by molar-refractivity contribution is -0.128. The number of allylic oxidation sites excluding steroid dienone is 2. The molecule has 1 aromatic heterocycles. The van der Waals surface area contributed by atoms with E-state index in [0.717, 1.165) is 36.7 Å². The van der Waals surface area contributed by atoms with Crippen molar-refractivity contribution in [2.75, 3.05) is 0 Å². The van der Waals surface area contributed by atoms with E-state index in [9.17, 15) is 5.11 Å². The summed E-state index contributed by atoms with van der Waals surface area (Å²) in [6.07, 6.45) is 15.4. The number of rotatable bonds is 1. The Kier molecular flexibility index (Phi) is 3.80. The summed E-state index contributed by atoms with van der Waals surface area (Å²) in [5, 5.41) is 12.3. The Bertz CT molecular complexity index is 725. The molecule has 0 radical (unpaired) electrons. The van der Waals surface area contributed by atoms with E-state index in [1.54, 1.807) is 18.1 Å². The van der Waals surface area contributed by atoms with Crippen molar-refractivity contribution in [3.8, 4) is 0 Å². The Morgan fingerprint density at radius 3 is 2.69 bits per heavy atom. The van der Waals surface area contributed by atoms with E-state index in [1.807, 2.05) is 6.07 Å². The first kappa shape index (κ1) is 17.4. The summed E-state index contributed by atoms with van der Waals surface area (Å²) >= 11 is 4.78. The van der Waals surface area contributed by atoms with Crippen LogP contribution in [-0.2, 0) is 5.60 Å². The lowest BCUT2D eigenvalue weighted by atomic mass is 9.47. The minimum Gasteiger partial charge on any atom is -0.472 e. The van der Waals surface area contributed by atoms with Gasteiger partial charge in [0.05, 0.1) is 18.1 Å². The third kappa shape index (κ3) is 2.11. The molecule has 0 bridgehead atoms. The van der Waals surface area contributed by atoms with Gasteiger partial charge in [0, 0.05) is 16.2 Å². The average molecular weight is 373 g/mol. The highest BCUT2D eigenvalue weighted by Crippen LogP contribution is 2.69. The van der Waals surface area contributed by atoms with Gasteiger partial charge in [-0.15, -0.1) is 0 Å². The maximum absolute atomic E-state index is 11.7. The van der Waals surface area contributed by atoms with E-state index in [2.05, 4.69) is 19.9 Å². The van der Waals surface area contributed by atoms with Gasteiger partial charge in [-0.2, -0.15) is 12.6 Å². The molecule has 1 heterocycles. The summed E-state index contributed by atoms with van der Waals surface area (Å²) in [6.45, 7) is 4.90. The summed E-state index contributed by atoms with van der Waals surface area (Å²) in [5.74, 6) is 2.12. The number of fused-ring (bicyclic) bond motifs is 5. The fraction of sp³-hybridized carbons (Fsp3) is 0.739. The zero-order valence-electron chi connectivity index (χ0n) is 16.1. The highest BCUT2D eigenvalue weighted by atomic mass is 32.1. The van der Waals surface area contributed by atoms with Crippen LogP contribution in [0.25, 0.3) is 0 Å². The maximum atomic E-state index is 11.7. The van der Waals surface area contributed by atoms with Crippen molar-refractivity contribution in [1.82, 2.24) is 0 Å². The van der Waals surface area contributed by atoms with Crippen LogP contribution in [-0.4, -0.2) is 10.4 Å². The summed E-state index contributed by atoms with van der Waals surface area (Å²) < 4.78 is 5.34. The van der Waals surface area contributed by atoms with Crippen LogP contribution >= 0.6 is 12.6 Å². The van der Waals surface area contributed by atoms with Crippen LogP contribution in [0.2, 0.25) is 0 Å². The Labute approximate surface area is 162 Å². The van der Waals surface area contributed by atoms with E-state index in [4.69, 9.17) is 17.0 Å². The van der Waals surface area contributed by atoms with Crippen LogP contribution in [0.4, 0.5) is 0 Å². The van der Waals surface area contributed by atoms with Gasteiger partial charge in [0.15, 0.2) is 0 Å². The molecule has 0 unspecified atom stereocenters. The number of aliphatic hydroxyl groups is 1. The van der Waals surface area contributed by atoms with Gasteiger partial charge in [0.1, 0.15) is 0 Å². The zero-order valence-corrected chi connectivity index (χ0v) is 17.0. The Morgan fingerprint density at radius 2 is 1.92 bits per heavy atom. The predicted molar refractivity (Wildman–Crippen MR) is 107 cm³/mol. The first-order valence-electron chi connectivity index (χ1n) is 10.5. The van der Waals surface area contributed by atoms with Gasteiger partial charge in [0.2, 0.25) is 0 Å². The molecule has 0 saturated heterocycles. The number of furan rings is 1. The molecule has 3 heteroatoms. The Balaban J connectivity index is 1.51. The first-order chi connectivity index (χ1) is 12.4. The quantitative estimate of drug-likeness (QED) is 0.488. The molecule has 5 rings (SSSR count). The molecule has 1 aromatic rings. The van der Waals surface area contributed by atoms with Crippen molar-refractivity contribution in [1.29, 1.82) is 0 Å². The lowest BCUT2D eigenvalue weighted by Gasteiger charge is -2.59.